The van der Waals surface area contributed by atoms with Crippen LogP contribution in [0, 0.1) is 0 Å². The minimum atomic E-state index is 0.979. The maximum atomic E-state index is 4.44. The fourth-order valence-electron chi connectivity index (χ4n) is 1.39. The first kappa shape index (κ1) is 10.0. The van der Waals surface area contributed by atoms with Crippen molar-refractivity contribution in [2.24, 2.45) is 0 Å². The van der Waals surface area contributed by atoms with E-state index in [1.54, 1.807) is 0 Å². The fourth-order valence-corrected chi connectivity index (χ4v) is 1.98. The predicted molar refractivity (Wildman–Crippen MR) is 59.7 cm³/mol. The standard InChI is InChI=1S/C10H14S2/c1-3-7-5-6-9(11)10(12)8(7)4-2/h5-6,11-12H,3-4H2,1-2H3. The highest BCUT2D eigenvalue weighted by molar-refractivity contribution is 7.83. The van der Waals surface area contributed by atoms with Gasteiger partial charge in [0.05, 0.1) is 0 Å². The van der Waals surface area contributed by atoms with Crippen molar-refractivity contribution >= 4 is 25.3 Å². The number of hydrogen-bond donors (Lipinski definition) is 2. The Bertz CT molecular complexity index is 279. The van der Waals surface area contributed by atoms with Gasteiger partial charge in [-0.2, -0.15) is 0 Å². The molecule has 0 bridgehead atoms. The van der Waals surface area contributed by atoms with Crippen molar-refractivity contribution in [3.63, 3.8) is 0 Å². The summed E-state index contributed by atoms with van der Waals surface area (Å²) in [4.78, 5) is 2.02. The first-order valence-corrected chi connectivity index (χ1v) is 5.12. The molecule has 1 aromatic rings. The number of rotatable bonds is 2. The Hall–Kier alpha value is -0.0800. The second-order valence-electron chi connectivity index (χ2n) is 2.78. The third kappa shape index (κ3) is 1.80. The summed E-state index contributed by atoms with van der Waals surface area (Å²) in [6, 6.07) is 4.16. The van der Waals surface area contributed by atoms with Crippen LogP contribution >= 0.6 is 25.3 Å². The van der Waals surface area contributed by atoms with Gasteiger partial charge in [0, 0.05) is 9.79 Å². The van der Waals surface area contributed by atoms with Crippen LogP contribution in [0.1, 0.15) is 25.0 Å². The van der Waals surface area contributed by atoms with Crippen LogP contribution in [0.15, 0.2) is 21.9 Å². The number of thiol groups is 2. The second kappa shape index (κ2) is 4.24. The van der Waals surface area contributed by atoms with Crippen LogP contribution in [0.2, 0.25) is 0 Å². The lowest BCUT2D eigenvalue weighted by Crippen LogP contribution is -1.93. The molecular formula is C10H14S2. The molecule has 0 aliphatic heterocycles. The van der Waals surface area contributed by atoms with Gasteiger partial charge in [0.1, 0.15) is 0 Å². The number of aryl methyl sites for hydroxylation is 1. The Morgan fingerprint density at radius 3 is 2.25 bits per heavy atom. The molecule has 0 spiro atoms. The van der Waals surface area contributed by atoms with Crippen LogP contribution in [0.3, 0.4) is 0 Å². The van der Waals surface area contributed by atoms with Crippen LogP contribution in [0.25, 0.3) is 0 Å². The van der Waals surface area contributed by atoms with Crippen molar-refractivity contribution in [3.8, 4) is 0 Å². The first-order valence-electron chi connectivity index (χ1n) is 4.23. The van der Waals surface area contributed by atoms with Gasteiger partial charge in [-0.25, -0.2) is 0 Å². The van der Waals surface area contributed by atoms with E-state index in [9.17, 15) is 0 Å². The monoisotopic (exact) mass is 198 g/mol. The first-order chi connectivity index (χ1) is 5.70. The molecular weight excluding hydrogens is 184 g/mol. The van der Waals surface area contributed by atoms with Crippen LogP contribution < -0.4 is 0 Å². The molecule has 0 saturated heterocycles. The van der Waals surface area contributed by atoms with E-state index in [0.29, 0.717) is 0 Å². The fraction of sp³-hybridized carbons (Fsp3) is 0.400. The smallest absolute Gasteiger partial charge is 0.0209 e. The van der Waals surface area contributed by atoms with Gasteiger partial charge in [0.25, 0.3) is 0 Å². The van der Waals surface area contributed by atoms with Crippen molar-refractivity contribution < 1.29 is 0 Å². The van der Waals surface area contributed by atoms with E-state index in [1.165, 1.54) is 11.1 Å². The van der Waals surface area contributed by atoms with Gasteiger partial charge in [0.2, 0.25) is 0 Å². The molecule has 0 unspecified atom stereocenters. The van der Waals surface area contributed by atoms with Crippen LogP contribution in [-0.4, -0.2) is 0 Å². The Labute approximate surface area is 85.2 Å². The van der Waals surface area contributed by atoms with E-state index < -0.39 is 0 Å². The molecule has 0 fully saturated rings. The molecule has 0 N–H and O–H groups in total. The average Bonchev–Trinajstić information content (AvgIpc) is 2.09. The Morgan fingerprint density at radius 2 is 1.75 bits per heavy atom. The molecule has 2 heteroatoms. The lowest BCUT2D eigenvalue weighted by atomic mass is 10.0. The molecule has 12 heavy (non-hydrogen) atoms. The highest BCUT2D eigenvalue weighted by Gasteiger charge is 2.05. The Morgan fingerprint density at radius 1 is 1.08 bits per heavy atom. The van der Waals surface area contributed by atoms with Crippen LogP contribution in [-0.2, 0) is 12.8 Å². The maximum Gasteiger partial charge on any atom is 0.0209 e. The quantitative estimate of drug-likeness (QED) is 0.669. The van der Waals surface area contributed by atoms with E-state index in [2.05, 4.69) is 45.2 Å². The van der Waals surface area contributed by atoms with Gasteiger partial charge in [0.15, 0.2) is 0 Å². The summed E-state index contributed by atoms with van der Waals surface area (Å²) in [5.41, 5.74) is 2.73. The largest absolute Gasteiger partial charge is 0.142 e. The van der Waals surface area contributed by atoms with E-state index in [0.717, 1.165) is 22.6 Å². The molecule has 0 atom stereocenters. The van der Waals surface area contributed by atoms with Gasteiger partial charge in [-0.3, -0.25) is 0 Å². The van der Waals surface area contributed by atoms with Crippen molar-refractivity contribution in [1.29, 1.82) is 0 Å². The van der Waals surface area contributed by atoms with Crippen molar-refractivity contribution in [2.75, 3.05) is 0 Å². The zero-order chi connectivity index (χ0) is 9.14. The third-order valence-electron chi connectivity index (χ3n) is 2.09. The maximum absolute atomic E-state index is 4.44. The lowest BCUT2D eigenvalue weighted by molar-refractivity contribution is 0.971. The molecule has 0 aromatic heterocycles. The van der Waals surface area contributed by atoms with E-state index in [4.69, 9.17) is 0 Å². The second-order valence-corrected chi connectivity index (χ2v) is 3.71. The van der Waals surface area contributed by atoms with E-state index in [1.807, 2.05) is 6.07 Å². The minimum Gasteiger partial charge on any atom is -0.142 e. The summed E-state index contributed by atoms with van der Waals surface area (Å²) in [6.07, 6.45) is 2.11. The van der Waals surface area contributed by atoms with Crippen molar-refractivity contribution in [3.05, 3.63) is 23.3 Å². The minimum absolute atomic E-state index is 0.979. The van der Waals surface area contributed by atoms with Crippen molar-refractivity contribution in [2.45, 2.75) is 36.5 Å². The average molecular weight is 198 g/mol. The molecule has 0 aliphatic rings. The number of hydrogen-bond acceptors (Lipinski definition) is 2. The molecule has 0 amide bonds. The molecule has 1 aromatic carbocycles. The number of benzene rings is 1. The van der Waals surface area contributed by atoms with Crippen molar-refractivity contribution in [1.82, 2.24) is 0 Å². The highest BCUT2D eigenvalue weighted by Crippen LogP contribution is 2.26. The molecule has 0 nitrogen and oxygen atoms in total. The zero-order valence-corrected chi connectivity index (χ0v) is 9.25. The molecule has 0 aliphatic carbocycles. The summed E-state index contributed by atoms with van der Waals surface area (Å²) >= 11 is 8.77. The van der Waals surface area contributed by atoms with Crippen LogP contribution in [0.4, 0.5) is 0 Å². The normalized spacial score (nSPS) is 10.3. The Kier molecular flexibility index (Phi) is 3.53. The van der Waals surface area contributed by atoms with E-state index in [-0.39, 0.29) is 0 Å². The summed E-state index contributed by atoms with van der Waals surface area (Å²) in [5.74, 6) is 0. The SMILES string of the molecule is CCc1ccc(S)c(S)c1CC. The summed E-state index contributed by atoms with van der Waals surface area (Å²) in [6.45, 7) is 4.32. The molecule has 0 heterocycles. The summed E-state index contributed by atoms with van der Waals surface area (Å²) < 4.78 is 0. The topological polar surface area (TPSA) is 0 Å². The van der Waals surface area contributed by atoms with Gasteiger partial charge in [-0.05, 0) is 30.0 Å². The van der Waals surface area contributed by atoms with Gasteiger partial charge in [-0.15, -0.1) is 25.3 Å². The highest BCUT2D eigenvalue weighted by atomic mass is 32.1. The summed E-state index contributed by atoms with van der Waals surface area (Å²) in [7, 11) is 0. The molecule has 66 valence electrons. The van der Waals surface area contributed by atoms with E-state index >= 15 is 0 Å². The van der Waals surface area contributed by atoms with Crippen LogP contribution in [0.5, 0.6) is 0 Å². The predicted octanol–water partition coefficient (Wildman–Crippen LogP) is 3.39. The van der Waals surface area contributed by atoms with Gasteiger partial charge in [-0.1, -0.05) is 19.9 Å². The molecule has 0 saturated carbocycles. The summed E-state index contributed by atoms with van der Waals surface area (Å²) in [5, 5.41) is 0. The van der Waals surface area contributed by atoms with Gasteiger partial charge >= 0.3 is 0 Å². The Balaban J connectivity index is 3.25. The third-order valence-corrected chi connectivity index (χ3v) is 3.15. The lowest BCUT2D eigenvalue weighted by Gasteiger charge is -2.10. The molecule has 1 rings (SSSR count). The molecule has 0 radical (unpaired) electrons. The zero-order valence-electron chi connectivity index (χ0n) is 7.46. The van der Waals surface area contributed by atoms with Gasteiger partial charge < -0.3 is 0 Å².